The van der Waals surface area contributed by atoms with Crippen LogP contribution < -0.4 is 11.5 Å². The molecule has 3 heteroatoms. The van der Waals surface area contributed by atoms with Gasteiger partial charge in [-0.05, 0) is 23.3 Å². The van der Waals surface area contributed by atoms with Crippen LogP contribution in [-0.2, 0) is 13.1 Å². The Kier molecular flexibility index (Phi) is 5.93. The van der Waals surface area contributed by atoms with E-state index in [0.717, 1.165) is 5.56 Å². The van der Waals surface area contributed by atoms with Crippen LogP contribution in [-0.4, -0.2) is 0 Å². The Morgan fingerprint density at radius 3 is 1.59 bits per heavy atom. The first-order valence-corrected chi connectivity index (χ1v) is 5.44. The molecule has 0 bridgehead atoms. The first kappa shape index (κ1) is 13.4. The molecule has 0 atom stereocenters. The molecule has 0 radical (unpaired) electrons. The van der Waals surface area contributed by atoms with Crippen LogP contribution in [0.3, 0.4) is 0 Å². The molecule has 0 aromatic heterocycles. The average molecular weight is 232 g/mol. The normalized spacial score (nSPS) is 9.35. The summed E-state index contributed by atoms with van der Waals surface area (Å²) < 4.78 is 12.2. The SMILES string of the molecule is NCc1ccc(F)cc1.NCc1ccccc1. The second-order valence-electron chi connectivity index (χ2n) is 3.52. The lowest BCUT2D eigenvalue weighted by molar-refractivity contribution is 0.627. The van der Waals surface area contributed by atoms with Gasteiger partial charge in [0.05, 0.1) is 0 Å². The molecule has 0 spiro atoms. The second-order valence-corrected chi connectivity index (χ2v) is 3.52. The minimum atomic E-state index is -0.216. The zero-order chi connectivity index (χ0) is 12.5. The largest absolute Gasteiger partial charge is 0.326 e. The van der Waals surface area contributed by atoms with E-state index in [1.807, 2.05) is 30.3 Å². The van der Waals surface area contributed by atoms with Crippen LogP contribution in [0.4, 0.5) is 4.39 Å². The fourth-order valence-corrected chi connectivity index (χ4v) is 1.23. The molecule has 0 saturated carbocycles. The summed E-state index contributed by atoms with van der Waals surface area (Å²) in [5.74, 6) is -0.216. The number of hydrogen-bond donors (Lipinski definition) is 2. The maximum Gasteiger partial charge on any atom is 0.123 e. The van der Waals surface area contributed by atoms with Gasteiger partial charge in [0, 0.05) is 13.1 Å². The van der Waals surface area contributed by atoms with Gasteiger partial charge in [-0.1, -0.05) is 42.5 Å². The van der Waals surface area contributed by atoms with Crippen molar-refractivity contribution in [3.63, 3.8) is 0 Å². The van der Waals surface area contributed by atoms with Crippen molar-refractivity contribution in [3.8, 4) is 0 Å². The predicted molar refractivity (Wildman–Crippen MR) is 68.6 cm³/mol. The summed E-state index contributed by atoms with van der Waals surface area (Å²) in [6.45, 7) is 1.11. The molecule has 2 aromatic carbocycles. The van der Waals surface area contributed by atoms with Crippen molar-refractivity contribution in [3.05, 3.63) is 71.5 Å². The van der Waals surface area contributed by atoms with E-state index in [-0.39, 0.29) is 5.82 Å². The smallest absolute Gasteiger partial charge is 0.123 e. The van der Waals surface area contributed by atoms with Gasteiger partial charge in [-0.25, -0.2) is 4.39 Å². The number of benzene rings is 2. The predicted octanol–water partition coefficient (Wildman–Crippen LogP) is 2.43. The molecule has 0 heterocycles. The van der Waals surface area contributed by atoms with Crippen molar-refractivity contribution in [2.24, 2.45) is 11.5 Å². The number of rotatable bonds is 2. The molecule has 0 saturated heterocycles. The van der Waals surface area contributed by atoms with E-state index in [9.17, 15) is 4.39 Å². The molecule has 0 aliphatic carbocycles. The van der Waals surface area contributed by atoms with Gasteiger partial charge in [0.25, 0.3) is 0 Å². The Bertz CT molecular complexity index is 412. The van der Waals surface area contributed by atoms with Gasteiger partial charge in [-0.3, -0.25) is 0 Å². The summed E-state index contributed by atoms with van der Waals surface area (Å²) in [4.78, 5) is 0. The van der Waals surface area contributed by atoms with Crippen molar-refractivity contribution < 1.29 is 4.39 Å². The van der Waals surface area contributed by atoms with Crippen LogP contribution in [0.15, 0.2) is 54.6 Å². The summed E-state index contributed by atoms with van der Waals surface area (Å²) >= 11 is 0. The van der Waals surface area contributed by atoms with Gasteiger partial charge < -0.3 is 11.5 Å². The lowest BCUT2D eigenvalue weighted by Gasteiger charge is -1.92. The van der Waals surface area contributed by atoms with Gasteiger partial charge in [0.15, 0.2) is 0 Å². The van der Waals surface area contributed by atoms with Crippen LogP contribution in [0.1, 0.15) is 11.1 Å². The third-order valence-corrected chi connectivity index (χ3v) is 2.23. The zero-order valence-corrected chi connectivity index (χ0v) is 9.64. The molecule has 4 N–H and O–H groups in total. The molecule has 2 aromatic rings. The lowest BCUT2D eigenvalue weighted by atomic mass is 10.2. The minimum Gasteiger partial charge on any atom is -0.326 e. The van der Waals surface area contributed by atoms with Crippen LogP contribution in [0.5, 0.6) is 0 Å². The lowest BCUT2D eigenvalue weighted by Crippen LogP contribution is -1.94. The van der Waals surface area contributed by atoms with Crippen LogP contribution >= 0.6 is 0 Å². The molecular formula is C14H17FN2. The molecule has 0 amide bonds. The number of halogens is 1. The van der Waals surface area contributed by atoms with E-state index >= 15 is 0 Å². The maximum atomic E-state index is 12.2. The molecule has 0 unspecified atom stereocenters. The summed E-state index contributed by atoms with van der Waals surface area (Å²) in [6.07, 6.45) is 0. The number of hydrogen-bond acceptors (Lipinski definition) is 2. The Labute approximate surface area is 101 Å². The van der Waals surface area contributed by atoms with Crippen LogP contribution in [0.2, 0.25) is 0 Å². The van der Waals surface area contributed by atoms with Gasteiger partial charge in [-0.2, -0.15) is 0 Å². The molecular weight excluding hydrogens is 215 g/mol. The van der Waals surface area contributed by atoms with Crippen molar-refractivity contribution >= 4 is 0 Å². The van der Waals surface area contributed by atoms with E-state index in [0.29, 0.717) is 13.1 Å². The highest BCUT2D eigenvalue weighted by Crippen LogP contribution is 2.00. The highest BCUT2D eigenvalue weighted by atomic mass is 19.1. The number of nitrogens with two attached hydrogens (primary N) is 2. The fraction of sp³-hybridized carbons (Fsp3) is 0.143. The second kappa shape index (κ2) is 7.54. The van der Waals surface area contributed by atoms with Crippen molar-refractivity contribution in [2.45, 2.75) is 13.1 Å². The van der Waals surface area contributed by atoms with Gasteiger partial charge in [-0.15, -0.1) is 0 Å². The molecule has 90 valence electrons. The van der Waals surface area contributed by atoms with E-state index in [1.54, 1.807) is 12.1 Å². The minimum absolute atomic E-state index is 0.216. The Morgan fingerprint density at radius 1 is 0.706 bits per heavy atom. The van der Waals surface area contributed by atoms with Crippen LogP contribution in [0.25, 0.3) is 0 Å². The highest BCUT2D eigenvalue weighted by molar-refractivity contribution is 5.15. The zero-order valence-electron chi connectivity index (χ0n) is 9.64. The van der Waals surface area contributed by atoms with Crippen molar-refractivity contribution in [2.75, 3.05) is 0 Å². The Morgan fingerprint density at radius 2 is 1.18 bits per heavy atom. The summed E-state index contributed by atoms with van der Waals surface area (Å²) in [5.41, 5.74) is 12.8. The van der Waals surface area contributed by atoms with E-state index in [4.69, 9.17) is 11.5 Å². The summed E-state index contributed by atoms with van der Waals surface area (Å²) in [6, 6.07) is 16.2. The topological polar surface area (TPSA) is 52.0 Å². The molecule has 2 rings (SSSR count). The Balaban J connectivity index is 0.000000171. The van der Waals surface area contributed by atoms with Gasteiger partial charge in [0.1, 0.15) is 5.82 Å². The molecule has 0 aliphatic rings. The van der Waals surface area contributed by atoms with Crippen molar-refractivity contribution in [1.82, 2.24) is 0 Å². The fourth-order valence-electron chi connectivity index (χ4n) is 1.23. The van der Waals surface area contributed by atoms with E-state index < -0.39 is 0 Å². The third-order valence-electron chi connectivity index (χ3n) is 2.23. The summed E-state index contributed by atoms with van der Waals surface area (Å²) in [7, 11) is 0. The van der Waals surface area contributed by atoms with Crippen LogP contribution in [0, 0.1) is 5.82 Å². The Hall–Kier alpha value is -1.71. The maximum absolute atomic E-state index is 12.2. The standard InChI is InChI=1S/C7H8FN.C7H9N/c8-7-3-1-6(5-9)2-4-7;8-6-7-4-2-1-3-5-7/h1-4H,5,9H2;1-5H,6,8H2. The average Bonchev–Trinajstić information content (AvgIpc) is 2.41. The molecule has 2 nitrogen and oxygen atoms in total. The quantitative estimate of drug-likeness (QED) is 0.835. The van der Waals surface area contributed by atoms with Gasteiger partial charge in [0.2, 0.25) is 0 Å². The summed E-state index contributed by atoms with van der Waals surface area (Å²) in [5, 5.41) is 0. The van der Waals surface area contributed by atoms with E-state index in [2.05, 4.69) is 0 Å². The first-order valence-electron chi connectivity index (χ1n) is 5.44. The monoisotopic (exact) mass is 232 g/mol. The third kappa shape index (κ3) is 5.24. The van der Waals surface area contributed by atoms with E-state index in [1.165, 1.54) is 17.7 Å². The molecule has 0 fully saturated rings. The van der Waals surface area contributed by atoms with Crippen molar-refractivity contribution in [1.29, 1.82) is 0 Å². The highest BCUT2D eigenvalue weighted by Gasteiger charge is 1.87. The molecule has 0 aliphatic heterocycles. The van der Waals surface area contributed by atoms with Gasteiger partial charge >= 0.3 is 0 Å². The first-order chi connectivity index (χ1) is 8.26. The molecule has 17 heavy (non-hydrogen) atoms.